The van der Waals surface area contributed by atoms with E-state index in [9.17, 15) is 10.1 Å². The van der Waals surface area contributed by atoms with Crippen LogP contribution in [-0.4, -0.2) is 35.1 Å². The van der Waals surface area contributed by atoms with E-state index in [1.807, 2.05) is 39.0 Å². The van der Waals surface area contributed by atoms with Gasteiger partial charge in [0.15, 0.2) is 0 Å². The minimum atomic E-state index is -0.240. The second-order valence-corrected chi connectivity index (χ2v) is 7.28. The average Bonchev–Trinajstić information content (AvgIpc) is 3.27. The zero-order valence-electron chi connectivity index (χ0n) is 16.9. The van der Waals surface area contributed by atoms with Crippen LogP contribution in [0.1, 0.15) is 48.5 Å². The van der Waals surface area contributed by atoms with E-state index in [1.165, 1.54) is 0 Å². The van der Waals surface area contributed by atoms with Crippen molar-refractivity contribution in [1.29, 1.82) is 5.26 Å². The van der Waals surface area contributed by atoms with Crippen molar-refractivity contribution in [3.63, 3.8) is 0 Å². The van der Waals surface area contributed by atoms with Crippen LogP contribution in [0.25, 0.3) is 6.08 Å². The zero-order chi connectivity index (χ0) is 20.3. The van der Waals surface area contributed by atoms with Gasteiger partial charge in [-0.2, -0.15) is 5.26 Å². The third-order valence-corrected chi connectivity index (χ3v) is 5.33. The van der Waals surface area contributed by atoms with Gasteiger partial charge in [-0.05, 0) is 63.5 Å². The van der Waals surface area contributed by atoms with Gasteiger partial charge in [0, 0.05) is 31.1 Å². The molecule has 1 saturated carbocycles. The van der Waals surface area contributed by atoms with Crippen molar-refractivity contribution in [1.82, 2.24) is 9.47 Å². The van der Waals surface area contributed by atoms with Crippen LogP contribution in [0.3, 0.4) is 0 Å². The van der Waals surface area contributed by atoms with Gasteiger partial charge in [-0.1, -0.05) is 0 Å². The Bertz CT molecular complexity index is 898. The van der Waals surface area contributed by atoms with Gasteiger partial charge < -0.3 is 18.6 Å². The molecule has 1 unspecified atom stereocenters. The molecule has 28 heavy (non-hydrogen) atoms. The van der Waals surface area contributed by atoms with Crippen molar-refractivity contribution >= 4 is 12.0 Å². The monoisotopic (exact) mass is 381 g/mol. The second-order valence-electron chi connectivity index (χ2n) is 7.28. The lowest BCUT2D eigenvalue weighted by Gasteiger charge is -2.27. The molecule has 1 fully saturated rings. The maximum atomic E-state index is 13.2. The molecule has 0 radical (unpaired) electrons. The van der Waals surface area contributed by atoms with Crippen molar-refractivity contribution in [3.05, 3.63) is 52.7 Å². The average molecular weight is 381 g/mol. The molecule has 0 N–H and O–H groups in total. The Kier molecular flexibility index (Phi) is 6.05. The van der Waals surface area contributed by atoms with Crippen LogP contribution in [0, 0.1) is 25.2 Å². The number of aromatic nitrogens is 1. The number of carbonyl (C=O) groups excluding carboxylic acids is 1. The molecule has 1 aliphatic rings. The number of amides is 1. The Labute approximate surface area is 166 Å². The van der Waals surface area contributed by atoms with E-state index in [2.05, 4.69) is 10.6 Å². The molecule has 2 aromatic heterocycles. The number of carbonyl (C=O) groups is 1. The summed E-state index contributed by atoms with van der Waals surface area (Å²) in [6.45, 7) is 7.31. The Morgan fingerprint density at radius 3 is 2.82 bits per heavy atom. The van der Waals surface area contributed by atoms with Crippen LogP contribution in [0.5, 0.6) is 0 Å². The Hall–Kier alpha value is -2.78. The van der Waals surface area contributed by atoms with Gasteiger partial charge in [-0.25, -0.2) is 0 Å². The van der Waals surface area contributed by atoms with Crippen LogP contribution < -0.4 is 0 Å². The number of aryl methyl sites for hydroxylation is 1. The quantitative estimate of drug-likeness (QED) is 0.512. The van der Waals surface area contributed by atoms with Crippen LogP contribution in [0.2, 0.25) is 0 Å². The molecule has 0 aliphatic heterocycles. The first-order valence-electron chi connectivity index (χ1n) is 9.61. The van der Waals surface area contributed by atoms with E-state index in [0.29, 0.717) is 6.61 Å². The van der Waals surface area contributed by atoms with Gasteiger partial charge >= 0.3 is 0 Å². The van der Waals surface area contributed by atoms with Crippen molar-refractivity contribution in [2.75, 3.05) is 13.7 Å². The SMILES string of the molecule is COCCn1c(C)cc(/C=C(\C#N)C(=O)N(C2CC2)C(C)c2ccco2)c1C. The zero-order valence-corrected chi connectivity index (χ0v) is 16.9. The fourth-order valence-electron chi connectivity index (χ4n) is 3.61. The normalized spacial score (nSPS) is 15.3. The third kappa shape index (κ3) is 4.05. The summed E-state index contributed by atoms with van der Waals surface area (Å²) in [5.41, 5.74) is 3.14. The highest BCUT2D eigenvalue weighted by Gasteiger charge is 2.38. The van der Waals surface area contributed by atoms with Crippen LogP contribution in [0.4, 0.5) is 0 Å². The molecule has 2 aromatic rings. The van der Waals surface area contributed by atoms with Crippen LogP contribution in [0.15, 0.2) is 34.5 Å². The van der Waals surface area contributed by atoms with Gasteiger partial charge in [0.2, 0.25) is 0 Å². The molecule has 6 heteroatoms. The Morgan fingerprint density at radius 2 is 2.25 bits per heavy atom. The molecule has 0 spiro atoms. The van der Waals surface area contributed by atoms with Crippen molar-refractivity contribution in [3.8, 4) is 6.07 Å². The summed E-state index contributed by atoms with van der Waals surface area (Å²) in [5.74, 6) is 0.492. The number of hydrogen-bond donors (Lipinski definition) is 0. The third-order valence-electron chi connectivity index (χ3n) is 5.33. The summed E-state index contributed by atoms with van der Waals surface area (Å²) >= 11 is 0. The topological polar surface area (TPSA) is 71.4 Å². The lowest BCUT2D eigenvalue weighted by atomic mass is 10.1. The highest BCUT2D eigenvalue weighted by atomic mass is 16.5. The minimum Gasteiger partial charge on any atom is -0.467 e. The molecule has 1 amide bonds. The molecule has 1 atom stereocenters. The summed E-state index contributed by atoms with van der Waals surface area (Å²) in [5, 5.41) is 9.71. The number of rotatable bonds is 8. The van der Waals surface area contributed by atoms with Crippen molar-refractivity contribution in [2.24, 2.45) is 0 Å². The molecule has 0 saturated heterocycles. The second kappa shape index (κ2) is 8.49. The standard InChI is InChI=1S/C22H27N3O3/c1-15-12-18(16(2)24(15)9-11-27-4)13-19(14-23)22(26)25(20-7-8-20)17(3)21-6-5-10-28-21/h5-6,10,12-13,17,20H,7-9,11H2,1-4H3/b19-13+. The molecule has 6 nitrogen and oxygen atoms in total. The van der Waals surface area contributed by atoms with E-state index in [0.717, 1.165) is 42.1 Å². The molecule has 3 rings (SSSR count). The Balaban J connectivity index is 1.89. The maximum Gasteiger partial charge on any atom is 0.265 e. The molecule has 2 heterocycles. The smallest absolute Gasteiger partial charge is 0.265 e. The van der Waals surface area contributed by atoms with E-state index < -0.39 is 0 Å². The number of nitriles is 1. The molecular formula is C22H27N3O3. The fraction of sp³-hybridized carbons (Fsp3) is 0.455. The van der Waals surface area contributed by atoms with Gasteiger partial charge in [0.05, 0.1) is 18.9 Å². The lowest BCUT2D eigenvalue weighted by Crippen LogP contribution is -2.36. The molecule has 0 bridgehead atoms. The highest BCUT2D eigenvalue weighted by Crippen LogP contribution is 2.36. The number of hydrogen-bond acceptors (Lipinski definition) is 4. The summed E-state index contributed by atoms with van der Waals surface area (Å²) < 4.78 is 12.8. The van der Waals surface area contributed by atoms with Crippen molar-refractivity contribution in [2.45, 2.75) is 52.2 Å². The minimum absolute atomic E-state index is 0.150. The molecule has 0 aromatic carbocycles. The predicted molar refractivity (Wildman–Crippen MR) is 106 cm³/mol. The van der Waals surface area contributed by atoms with Crippen molar-refractivity contribution < 1.29 is 13.9 Å². The molecule has 148 valence electrons. The van der Waals surface area contributed by atoms with E-state index in [1.54, 1.807) is 24.3 Å². The largest absolute Gasteiger partial charge is 0.467 e. The van der Waals surface area contributed by atoms with Gasteiger partial charge in [-0.15, -0.1) is 0 Å². The van der Waals surface area contributed by atoms with E-state index in [-0.39, 0.29) is 23.6 Å². The summed E-state index contributed by atoms with van der Waals surface area (Å²) in [6, 6.07) is 7.77. The lowest BCUT2D eigenvalue weighted by molar-refractivity contribution is -0.129. The summed E-state index contributed by atoms with van der Waals surface area (Å²) in [4.78, 5) is 15.0. The fourth-order valence-corrected chi connectivity index (χ4v) is 3.61. The van der Waals surface area contributed by atoms with E-state index >= 15 is 0 Å². The molecule has 1 aliphatic carbocycles. The number of methoxy groups -OCH3 is 1. The van der Waals surface area contributed by atoms with Gasteiger partial charge in [-0.3, -0.25) is 4.79 Å². The number of nitrogens with zero attached hydrogens (tertiary/aromatic N) is 3. The van der Waals surface area contributed by atoms with Gasteiger partial charge in [0.25, 0.3) is 5.91 Å². The van der Waals surface area contributed by atoms with E-state index in [4.69, 9.17) is 9.15 Å². The maximum absolute atomic E-state index is 13.2. The molecular weight excluding hydrogens is 354 g/mol. The number of furan rings is 1. The Morgan fingerprint density at radius 1 is 1.50 bits per heavy atom. The summed E-state index contributed by atoms with van der Waals surface area (Å²) in [7, 11) is 1.67. The first-order valence-corrected chi connectivity index (χ1v) is 9.61. The first-order chi connectivity index (χ1) is 13.5. The highest BCUT2D eigenvalue weighted by molar-refractivity contribution is 6.02. The van der Waals surface area contributed by atoms with Gasteiger partial charge in [0.1, 0.15) is 17.4 Å². The summed E-state index contributed by atoms with van der Waals surface area (Å²) in [6.07, 6.45) is 5.23. The number of ether oxygens (including phenoxy) is 1. The predicted octanol–water partition coefficient (Wildman–Crippen LogP) is 4.00. The van der Waals surface area contributed by atoms with Crippen LogP contribution in [-0.2, 0) is 16.1 Å². The van der Waals surface area contributed by atoms with Crippen LogP contribution >= 0.6 is 0 Å². The first kappa shape index (κ1) is 20.0.